The third-order valence-electron chi connectivity index (χ3n) is 8.30. The van der Waals surface area contributed by atoms with Gasteiger partial charge >= 0.3 is 0 Å². The zero-order chi connectivity index (χ0) is 27.0. The fourth-order valence-electron chi connectivity index (χ4n) is 6.03. The Kier molecular flexibility index (Phi) is 13.9. The minimum atomic E-state index is -1.45. The Hall–Kier alpha value is 0.950. The van der Waals surface area contributed by atoms with Gasteiger partial charge in [-0.3, -0.25) is 4.79 Å². The molecule has 0 aromatic heterocycles. The van der Waals surface area contributed by atoms with Crippen LogP contribution in [0.2, 0.25) is 0 Å². The topological polar surface area (TPSA) is 20.3 Å². The second-order valence-corrected chi connectivity index (χ2v) is 14.1. The molecule has 0 heterocycles. The van der Waals surface area contributed by atoms with E-state index >= 15 is 0 Å². The molecule has 0 radical (unpaired) electrons. The first-order valence-corrected chi connectivity index (χ1v) is 16.3. The van der Waals surface area contributed by atoms with Gasteiger partial charge in [-0.15, -0.1) is 23.2 Å². The number of alkyl halides is 4. The first-order valence-electron chi connectivity index (χ1n) is 14.1. The number of nitrogens with zero attached hydrogens (tertiary/aromatic N) is 1. The highest BCUT2D eigenvalue weighted by Crippen LogP contribution is 2.77. The van der Waals surface area contributed by atoms with Gasteiger partial charge in [0, 0.05) is 20.0 Å². The maximum Gasteiger partial charge on any atom is 0.222 e. The normalized spacial score (nSPS) is 28.8. The van der Waals surface area contributed by atoms with E-state index in [1.54, 1.807) is 0 Å². The summed E-state index contributed by atoms with van der Waals surface area (Å²) >= 11 is 41.4. The van der Waals surface area contributed by atoms with Crippen molar-refractivity contribution in [3.05, 3.63) is 10.1 Å². The summed E-state index contributed by atoms with van der Waals surface area (Å²) in [6, 6.07) is 0. The van der Waals surface area contributed by atoms with Crippen LogP contribution in [0.15, 0.2) is 10.1 Å². The first-order chi connectivity index (χ1) is 17.0. The van der Waals surface area contributed by atoms with Gasteiger partial charge in [0.05, 0.1) is 10.1 Å². The van der Waals surface area contributed by atoms with Crippen LogP contribution in [-0.2, 0) is 4.79 Å². The fraction of sp³-hybridized carbons (Fsp3) is 0.893. The monoisotopic (exact) mass is 621 g/mol. The molecule has 1 amide bonds. The lowest BCUT2D eigenvalue weighted by atomic mass is 9.76. The van der Waals surface area contributed by atoms with Gasteiger partial charge in [0.25, 0.3) is 0 Å². The van der Waals surface area contributed by atoms with Gasteiger partial charge in [-0.05, 0) is 37.5 Å². The average Bonchev–Trinajstić information content (AvgIpc) is 3.04. The smallest absolute Gasteiger partial charge is 0.222 e. The highest BCUT2D eigenvalue weighted by Gasteiger charge is 2.81. The van der Waals surface area contributed by atoms with E-state index < -0.39 is 14.1 Å². The lowest BCUT2D eigenvalue weighted by molar-refractivity contribution is -0.130. The highest BCUT2D eigenvalue weighted by molar-refractivity contribution is 6.65. The van der Waals surface area contributed by atoms with Crippen molar-refractivity contribution in [3.63, 3.8) is 0 Å². The maximum atomic E-state index is 12.2. The molecule has 8 heteroatoms. The molecule has 0 aliphatic heterocycles. The number of halogens is 6. The van der Waals surface area contributed by atoms with Crippen LogP contribution in [0.25, 0.3) is 0 Å². The van der Waals surface area contributed by atoms with E-state index in [-0.39, 0.29) is 17.7 Å². The van der Waals surface area contributed by atoms with E-state index in [1.807, 2.05) is 11.9 Å². The van der Waals surface area contributed by atoms with Crippen LogP contribution in [0.3, 0.4) is 0 Å². The molecule has 4 atom stereocenters. The zero-order valence-electron chi connectivity index (χ0n) is 22.3. The summed E-state index contributed by atoms with van der Waals surface area (Å²) < 4.78 is -1.45. The summed E-state index contributed by atoms with van der Waals surface area (Å²) in [5.74, 6) is 0.216. The largest absolute Gasteiger partial charge is 0.346 e. The van der Waals surface area contributed by atoms with Crippen molar-refractivity contribution in [2.75, 3.05) is 13.6 Å². The van der Waals surface area contributed by atoms with Crippen LogP contribution in [0.5, 0.6) is 0 Å². The fourth-order valence-corrected chi connectivity index (χ4v) is 9.18. The number of amides is 1. The van der Waals surface area contributed by atoms with E-state index in [4.69, 9.17) is 69.6 Å². The lowest BCUT2D eigenvalue weighted by Gasteiger charge is -2.37. The van der Waals surface area contributed by atoms with Gasteiger partial charge < -0.3 is 4.90 Å². The molecule has 0 saturated heterocycles. The summed E-state index contributed by atoms with van der Waals surface area (Å²) in [5, 5.41) is 0.646. The van der Waals surface area contributed by atoms with Crippen molar-refractivity contribution in [1.29, 1.82) is 0 Å². The summed E-state index contributed by atoms with van der Waals surface area (Å²) in [4.78, 5) is 11.8. The van der Waals surface area contributed by atoms with Crippen LogP contribution in [-0.4, -0.2) is 38.5 Å². The quantitative estimate of drug-likeness (QED) is 0.110. The number of carbonyl (C=O) groups excluding carboxylic acids is 1. The molecule has 0 N–H and O–H groups in total. The Labute approximate surface area is 250 Å². The molecule has 2 aliphatic carbocycles. The third kappa shape index (κ3) is 6.80. The van der Waals surface area contributed by atoms with Crippen LogP contribution >= 0.6 is 69.6 Å². The molecular formula is C28H45Cl6NO. The van der Waals surface area contributed by atoms with E-state index in [9.17, 15) is 4.79 Å². The molecular weight excluding hydrogens is 579 g/mol. The number of hydrogen-bond donors (Lipinski definition) is 0. The molecule has 1 fully saturated rings. The Morgan fingerprint density at radius 2 is 1.11 bits per heavy atom. The molecule has 0 spiro atoms. The predicted octanol–water partition coefficient (Wildman–Crippen LogP) is 10.8. The van der Waals surface area contributed by atoms with Gasteiger partial charge in [0.15, 0.2) is 4.33 Å². The Balaban J connectivity index is 1.88. The first kappa shape index (κ1) is 33.2. The minimum absolute atomic E-state index is 0.0101. The van der Waals surface area contributed by atoms with Crippen molar-refractivity contribution in [2.24, 2.45) is 11.8 Å². The molecule has 4 unspecified atom stereocenters. The van der Waals surface area contributed by atoms with E-state index in [2.05, 4.69) is 13.8 Å². The van der Waals surface area contributed by atoms with Crippen molar-refractivity contribution < 1.29 is 4.79 Å². The van der Waals surface area contributed by atoms with Crippen molar-refractivity contribution in [1.82, 2.24) is 4.90 Å². The highest BCUT2D eigenvalue weighted by atomic mass is 35.5. The number of unbranched alkanes of at least 4 members (excludes halogenated alkanes) is 10. The van der Waals surface area contributed by atoms with Crippen LogP contribution in [0, 0.1) is 11.8 Å². The SMILES string of the molecule is CCCCCCCCC1C(CCCCCCCC(=O)N(C)CCCC)C2(Cl)C(Cl)=C(Cl)C1(Cl)C2(Cl)Cl. The van der Waals surface area contributed by atoms with Crippen molar-refractivity contribution >= 4 is 75.5 Å². The van der Waals surface area contributed by atoms with E-state index in [1.165, 1.54) is 25.7 Å². The number of allylic oxidation sites excluding steroid dienone is 2. The Morgan fingerprint density at radius 3 is 1.58 bits per heavy atom. The number of rotatable bonds is 18. The standard InChI is InChI=1S/C28H45Cl6NO/c1-4-6-8-9-11-14-17-21-22(27(32)25(30)24(29)26(21,31)28(27,33)34)18-15-12-10-13-16-19-23(36)35(3)20-7-5-2/h21-22H,4-20H2,1-3H3. The molecule has 0 aromatic carbocycles. The lowest BCUT2D eigenvalue weighted by Crippen LogP contribution is -2.44. The van der Waals surface area contributed by atoms with Gasteiger partial charge in [0.1, 0.15) is 9.75 Å². The second-order valence-electron chi connectivity index (χ2n) is 10.9. The number of hydrogen-bond acceptors (Lipinski definition) is 1. The Bertz CT molecular complexity index is 744. The summed E-state index contributed by atoms with van der Waals surface area (Å²) in [6.45, 7) is 5.22. The van der Waals surface area contributed by atoms with Crippen LogP contribution < -0.4 is 0 Å². The van der Waals surface area contributed by atoms with E-state index in [0.717, 1.165) is 77.2 Å². The number of carbonyl (C=O) groups is 1. The third-order valence-corrected chi connectivity index (χ3v) is 12.6. The van der Waals surface area contributed by atoms with Crippen LogP contribution in [0.4, 0.5) is 0 Å². The molecule has 1 saturated carbocycles. The average molecular weight is 624 g/mol. The van der Waals surface area contributed by atoms with Gasteiger partial charge in [-0.2, -0.15) is 0 Å². The molecule has 2 bridgehead atoms. The van der Waals surface area contributed by atoms with Crippen molar-refractivity contribution in [2.45, 2.75) is 131 Å². The van der Waals surface area contributed by atoms with Crippen LogP contribution in [0.1, 0.15) is 117 Å². The van der Waals surface area contributed by atoms with Gasteiger partial charge in [-0.1, -0.05) is 131 Å². The summed E-state index contributed by atoms with van der Waals surface area (Å²) in [5.41, 5.74) is 0. The van der Waals surface area contributed by atoms with Crippen molar-refractivity contribution in [3.8, 4) is 0 Å². The molecule has 36 heavy (non-hydrogen) atoms. The molecule has 2 aliphatic rings. The maximum absolute atomic E-state index is 12.2. The van der Waals surface area contributed by atoms with E-state index in [0.29, 0.717) is 16.5 Å². The van der Waals surface area contributed by atoms with Gasteiger partial charge in [0.2, 0.25) is 5.91 Å². The molecule has 0 aromatic rings. The minimum Gasteiger partial charge on any atom is -0.346 e. The predicted molar refractivity (Wildman–Crippen MR) is 160 cm³/mol. The molecule has 2 nitrogen and oxygen atoms in total. The zero-order valence-corrected chi connectivity index (χ0v) is 26.8. The molecule has 2 rings (SSSR count). The summed E-state index contributed by atoms with van der Waals surface area (Å²) in [7, 11) is 1.90. The molecule has 210 valence electrons. The second kappa shape index (κ2) is 15.1. The summed E-state index contributed by atoms with van der Waals surface area (Å²) in [6.07, 6.45) is 16.9. The van der Waals surface area contributed by atoms with Gasteiger partial charge in [-0.25, -0.2) is 0 Å². The number of fused-ring (bicyclic) bond motifs is 2. The Morgan fingerprint density at radius 1 is 0.694 bits per heavy atom.